The molecule has 112 valence electrons. The second-order valence-corrected chi connectivity index (χ2v) is 6.51. The lowest BCUT2D eigenvalue weighted by atomic mass is 10.1. The van der Waals surface area contributed by atoms with Crippen LogP contribution in [0.25, 0.3) is 11.8 Å². The molecule has 0 N–H and O–H groups in total. The van der Waals surface area contributed by atoms with Crippen LogP contribution in [0.15, 0.2) is 40.9 Å². The fraction of sp³-hybridized carbons (Fsp3) is 0.0667. The molecule has 0 unspecified atom stereocenters. The van der Waals surface area contributed by atoms with Gasteiger partial charge in [0.05, 0.1) is 10.5 Å². The zero-order valence-corrected chi connectivity index (χ0v) is 14.8. The number of halogens is 2. The standard InChI is InChI=1S/C15H9BrINO4/c16-11-7-15-14(21-8-22-15)6-10(11)13(18(19)20)5-9-3-1-2-4-12(9)17/h1-7H,8H2/b13-5+. The van der Waals surface area contributed by atoms with Gasteiger partial charge in [-0.2, -0.15) is 0 Å². The molecule has 22 heavy (non-hydrogen) atoms. The Morgan fingerprint density at radius 3 is 2.64 bits per heavy atom. The topological polar surface area (TPSA) is 61.6 Å². The average molecular weight is 474 g/mol. The minimum absolute atomic E-state index is 0.00529. The van der Waals surface area contributed by atoms with Crippen LogP contribution in [0.4, 0.5) is 0 Å². The van der Waals surface area contributed by atoms with Crippen LogP contribution in [0.5, 0.6) is 11.5 Å². The van der Waals surface area contributed by atoms with E-state index in [0.717, 1.165) is 9.13 Å². The van der Waals surface area contributed by atoms with Crippen molar-refractivity contribution in [3.63, 3.8) is 0 Å². The van der Waals surface area contributed by atoms with E-state index in [1.165, 1.54) is 0 Å². The van der Waals surface area contributed by atoms with Crippen LogP contribution < -0.4 is 9.47 Å². The maximum Gasteiger partial charge on any atom is 0.278 e. The second kappa shape index (κ2) is 6.25. The summed E-state index contributed by atoms with van der Waals surface area (Å²) in [5.41, 5.74) is 1.24. The van der Waals surface area contributed by atoms with E-state index in [4.69, 9.17) is 9.47 Å². The third-order valence-electron chi connectivity index (χ3n) is 3.13. The van der Waals surface area contributed by atoms with Crippen molar-refractivity contribution >= 4 is 50.3 Å². The fourth-order valence-electron chi connectivity index (χ4n) is 2.08. The van der Waals surface area contributed by atoms with Crippen LogP contribution in [0, 0.1) is 13.7 Å². The number of benzene rings is 2. The molecule has 0 amide bonds. The van der Waals surface area contributed by atoms with Gasteiger partial charge in [-0.1, -0.05) is 18.2 Å². The molecule has 2 aromatic rings. The molecule has 0 bridgehead atoms. The van der Waals surface area contributed by atoms with Crippen molar-refractivity contribution < 1.29 is 14.4 Å². The Labute approximate surface area is 148 Å². The molecule has 2 aromatic carbocycles. The third kappa shape index (κ3) is 2.95. The average Bonchev–Trinajstić information content (AvgIpc) is 2.92. The molecule has 0 radical (unpaired) electrons. The molecule has 1 heterocycles. The van der Waals surface area contributed by atoms with Crippen molar-refractivity contribution in [2.24, 2.45) is 0 Å². The monoisotopic (exact) mass is 473 g/mol. The summed E-state index contributed by atoms with van der Waals surface area (Å²) in [6, 6.07) is 10.8. The van der Waals surface area contributed by atoms with Gasteiger partial charge in [-0.05, 0) is 62.3 Å². The number of hydrogen-bond donors (Lipinski definition) is 0. The van der Waals surface area contributed by atoms with E-state index < -0.39 is 4.92 Å². The fourth-order valence-corrected chi connectivity index (χ4v) is 3.15. The van der Waals surface area contributed by atoms with Gasteiger partial charge >= 0.3 is 0 Å². The summed E-state index contributed by atoms with van der Waals surface area (Å²) in [4.78, 5) is 11.1. The van der Waals surface area contributed by atoms with Gasteiger partial charge < -0.3 is 9.47 Å². The van der Waals surface area contributed by atoms with Gasteiger partial charge in [0, 0.05) is 14.1 Å². The summed E-state index contributed by atoms with van der Waals surface area (Å²) in [6.45, 7) is 0.124. The van der Waals surface area contributed by atoms with E-state index >= 15 is 0 Å². The number of rotatable bonds is 3. The number of nitro groups is 1. The predicted octanol–water partition coefficient (Wildman–Crippen LogP) is 4.56. The molecule has 0 fully saturated rings. The lowest BCUT2D eigenvalue weighted by Crippen LogP contribution is -1.99. The van der Waals surface area contributed by atoms with Crippen LogP contribution in [-0.2, 0) is 0 Å². The van der Waals surface area contributed by atoms with Crippen molar-refractivity contribution in [2.45, 2.75) is 0 Å². The molecule has 0 saturated carbocycles. The minimum atomic E-state index is -0.397. The second-order valence-electron chi connectivity index (χ2n) is 4.49. The van der Waals surface area contributed by atoms with E-state index in [0.29, 0.717) is 21.5 Å². The third-order valence-corrected chi connectivity index (χ3v) is 4.77. The predicted molar refractivity (Wildman–Crippen MR) is 94.3 cm³/mol. The van der Waals surface area contributed by atoms with Crippen molar-refractivity contribution in [3.8, 4) is 11.5 Å². The first kappa shape index (κ1) is 15.3. The van der Waals surface area contributed by atoms with Gasteiger partial charge in [0.25, 0.3) is 5.70 Å². The van der Waals surface area contributed by atoms with Gasteiger partial charge in [0.2, 0.25) is 6.79 Å². The first-order valence-electron chi connectivity index (χ1n) is 6.26. The zero-order chi connectivity index (χ0) is 15.7. The molecular formula is C15H9BrINO4. The molecule has 1 aliphatic heterocycles. The Bertz CT molecular complexity index is 791. The first-order chi connectivity index (χ1) is 10.6. The van der Waals surface area contributed by atoms with Gasteiger partial charge in [-0.25, -0.2) is 0 Å². The summed E-state index contributed by atoms with van der Waals surface area (Å²) >= 11 is 5.52. The lowest BCUT2D eigenvalue weighted by molar-refractivity contribution is -0.374. The van der Waals surface area contributed by atoms with Crippen LogP contribution in [0.1, 0.15) is 11.1 Å². The van der Waals surface area contributed by atoms with Crippen LogP contribution >= 0.6 is 38.5 Å². The molecule has 1 aliphatic rings. The largest absolute Gasteiger partial charge is 0.454 e. The van der Waals surface area contributed by atoms with E-state index in [1.54, 1.807) is 18.2 Å². The number of ether oxygens (including phenoxy) is 2. The van der Waals surface area contributed by atoms with E-state index in [2.05, 4.69) is 38.5 Å². The summed E-state index contributed by atoms with van der Waals surface area (Å²) in [7, 11) is 0. The van der Waals surface area contributed by atoms with Crippen molar-refractivity contribution in [1.82, 2.24) is 0 Å². The maximum absolute atomic E-state index is 11.5. The molecule has 0 saturated heterocycles. The van der Waals surface area contributed by atoms with Crippen molar-refractivity contribution in [1.29, 1.82) is 0 Å². The highest BCUT2D eigenvalue weighted by Gasteiger charge is 2.24. The van der Waals surface area contributed by atoms with Crippen LogP contribution in [0.3, 0.4) is 0 Å². The summed E-state index contributed by atoms with van der Waals surface area (Å²) in [6.07, 6.45) is 1.56. The Morgan fingerprint density at radius 2 is 1.95 bits per heavy atom. The van der Waals surface area contributed by atoms with Crippen molar-refractivity contribution in [2.75, 3.05) is 6.79 Å². The highest BCUT2D eigenvalue weighted by atomic mass is 127. The smallest absolute Gasteiger partial charge is 0.278 e. The van der Waals surface area contributed by atoms with Gasteiger partial charge in [0.15, 0.2) is 11.5 Å². The van der Waals surface area contributed by atoms with Gasteiger partial charge in [0.1, 0.15) is 0 Å². The van der Waals surface area contributed by atoms with Crippen LogP contribution in [0.2, 0.25) is 0 Å². The molecule has 3 rings (SSSR count). The van der Waals surface area contributed by atoms with E-state index in [-0.39, 0.29) is 12.5 Å². The molecule has 7 heteroatoms. The Morgan fingerprint density at radius 1 is 1.27 bits per heavy atom. The highest BCUT2D eigenvalue weighted by Crippen LogP contribution is 2.40. The summed E-state index contributed by atoms with van der Waals surface area (Å²) < 4.78 is 12.1. The summed E-state index contributed by atoms with van der Waals surface area (Å²) in [5.74, 6) is 1.08. The normalized spacial score (nSPS) is 13.3. The molecule has 5 nitrogen and oxygen atoms in total. The minimum Gasteiger partial charge on any atom is -0.454 e. The molecule has 0 aliphatic carbocycles. The number of fused-ring (bicyclic) bond motifs is 1. The number of nitrogens with zero attached hydrogens (tertiary/aromatic N) is 1. The molecule has 0 spiro atoms. The Kier molecular flexibility index (Phi) is 4.34. The highest BCUT2D eigenvalue weighted by molar-refractivity contribution is 14.1. The zero-order valence-electron chi connectivity index (χ0n) is 11.1. The molecule has 0 atom stereocenters. The quantitative estimate of drug-likeness (QED) is 0.284. The van der Waals surface area contributed by atoms with Gasteiger partial charge in [-0.15, -0.1) is 0 Å². The Balaban J connectivity index is 2.14. The maximum atomic E-state index is 11.5. The number of hydrogen-bond acceptors (Lipinski definition) is 4. The van der Waals surface area contributed by atoms with Gasteiger partial charge in [-0.3, -0.25) is 10.1 Å². The first-order valence-corrected chi connectivity index (χ1v) is 8.13. The van der Waals surface area contributed by atoms with Crippen molar-refractivity contribution in [3.05, 3.63) is 65.7 Å². The lowest BCUT2D eigenvalue weighted by Gasteiger charge is -2.05. The summed E-state index contributed by atoms with van der Waals surface area (Å²) in [5, 5.41) is 11.5. The van der Waals surface area contributed by atoms with Crippen LogP contribution in [-0.4, -0.2) is 11.7 Å². The van der Waals surface area contributed by atoms with E-state index in [1.807, 2.05) is 24.3 Å². The SMILES string of the molecule is O=[N+]([O-])/C(=C/c1ccccc1I)c1cc2c(cc1Br)OCO2. The molecule has 0 aromatic heterocycles. The Hall–Kier alpha value is -1.61. The molecular weight excluding hydrogens is 465 g/mol. The van der Waals surface area contributed by atoms with E-state index in [9.17, 15) is 10.1 Å².